The summed E-state index contributed by atoms with van der Waals surface area (Å²) < 4.78 is 0. The van der Waals surface area contributed by atoms with Crippen molar-refractivity contribution in [3.63, 3.8) is 0 Å². The van der Waals surface area contributed by atoms with E-state index in [9.17, 15) is 10.2 Å². The number of rotatable bonds is 7. The Morgan fingerprint density at radius 1 is 1.25 bits per heavy atom. The summed E-state index contributed by atoms with van der Waals surface area (Å²) in [4.78, 5) is 0. The van der Waals surface area contributed by atoms with Crippen molar-refractivity contribution >= 4 is 6.08 Å². The van der Waals surface area contributed by atoms with Crippen molar-refractivity contribution in [2.24, 2.45) is 11.3 Å². The average molecular weight is 324 g/mol. The summed E-state index contributed by atoms with van der Waals surface area (Å²) in [6, 6.07) is 6.90. The Labute approximate surface area is 146 Å². The van der Waals surface area contributed by atoms with Gasteiger partial charge in [-0.1, -0.05) is 63.1 Å². The van der Waals surface area contributed by atoms with E-state index in [1.54, 1.807) is 18.2 Å². The third-order valence-electron chi connectivity index (χ3n) is 4.01. The first kappa shape index (κ1) is 19.8. The zero-order valence-corrected chi connectivity index (χ0v) is 15.0. The Morgan fingerprint density at radius 3 is 2.46 bits per heavy atom. The smallest absolute Gasteiger partial charge is 0.115 e. The zero-order chi connectivity index (χ0) is 18.2. The Hall–Kier alpha value is -2.24. The Kier molecular flexibility index (Phi) is 7.55. The molecule has 1 rings (SSSR count). The third-order valence-corrected chi connectivity index (χ3v) is 4.01. The SMILES string of the molecule is C#C/C=C(C)/C=C/[C@@H](C)CC(C)(C)C(O)/C=C/c1ccc(O)cc1. The standard InChI is InChI=1S/C22H28O2/c1-6-7-17(2)8-9-18(3)16-22(4,5)21(24)15-12-19-10-13-20(23)14-11-19/h1,7-15,18,21,23-24H,16H2,2-5H3/b9-8+,15-12+,17-7+/t18-,21?/m1/s1. The maximum atomic E-state index is 10.5. The molecule has 1 aromatic rings. The first-order valence-electron chi connectivity index (χ1n) is 8.21. The van der Waals surface area contributed by atoms with Crippen LogP contribution in [-0.2, 0) is 0 Å². The van der Waals surface area contributed by atoms with Gasteiger partial charge in [0.1, 0.15) is 5.75 Å². The second-order valence-corrected chi connectivity index (χ2v) is 6.98. The molecule has 2 N–H and O–H groups in total. The van der Waals surface area contributed by atoms with Gasteiger partial charge in [-0.05, 0) is 54.0 Å². The molecule has 0 spiro atoms. The van der Waals surface area contributed by atoms with E-state index in [0.717, 1.165) is 17.6 Å². The number of aromatic hydroxyl groups is 1. The predicted octanol–water partition coefficient (Wildman–Crippen LogP) is 4.95. The molecule has 0 aliphatic heterocycles. The summed E-state index contributed by atoms with van der Waals surface area (Å²) in [6.07, 6.45) is 15.1. The molecule has 0 aromatic heterocycles. The number of phenolic OH excluding ortho intramolecular Hbond substituents is 1. The van der Waals surface area contributed by atoms with Crippen LogP contribution in [0, 0.1) is 23.7 Å². The van der Waals surface area contributed by atoms with Gasteiger partial charge in [0.05, 0.1) is 6.10 Å². The lowest BCUT2D eigenvalue weighted by Crippen LogP contribution is -2.29. The van der Waals surface area contributed by atoms with Crippen LogP contribution in [0.3, 0.4) is 0 Å². The van der Waals surface area contributed by atoms with Gasteiger partial charge in [-0.15, -0.1) is 6.42 Å². The van der Waals surface area contributed by atoms with E-state index < -0.39 is 6.10 Å². The molecule has 0 amide bonds. The van der Waals surface area contributed by atoms with Gasteiger partial charge in [0.15, 0.2) is 0 Å². The van der Waals surface area contributed by atoms with Crippen molar-refractivity contribution in [3.05, 3.63) is 59.7 Å². The quantitative estimate of drug-likeness (QED) is 0.550. The first-order valence-corrected chi connectivity index (χ1v) is 8.21. The third kappa shape index (κ3) is 6.89. The summed E-state index contributed by atoms with van der Waals surface area (Å²) in [5.74, 6) is 3.09. The minimum atomic E-state index is -0.551. The fourth-order valence-electron chi connectivity index (χ4n) is 2.56. The van der Waals surface area contributed by atoms with Crippen molar-refractivity contribution in [1.82, 2.24) is 0 Å². The minimum Gasteiger partial charge on any atom is -0.508 e. The molecule has 0 radical (unpaired) electrons. The van der Waals surface area contributed by atoms with E-state index in [2.05, 4.69) is 32.8 Å². The number of aliphatic hydroxyl groups is 1. The van der Waals surface area contributed by atoms with Gasteiger partial charge in [0.2, 0.25) is 0 Å². The van der Waals surface area contributed by atoms with Crippen molar-refractivity contribution in [1.29, 1.82) is 0 Å². The highest BCUT2D eigenvalue weighted by Crippen LogP contribution is 2.31. The van der Waals surface area contributed by atoms with E-state index in [0.29, 0.717) is 5.92 Å². The van der Waals surface area contributed by atoms with Crippen LogP contribution in [0.2, 0.25) is 0 Å². The number of benzene rings is 1. The first-order chi connectivity index (χ1) is 11.2. The maximum absolute atomic E-state index is 10.5. The summed E-state index contributed by atoms with van der Waals surface area (Å²) in [6.45, 7) is 8.24. The molecule has 2 atom stereocenters. The monoisotopic (exact) mass is 324 g/mol. The van der Waals surface area contributed by atoms with E-state index in [1.165, 1.54) is 0 Å². The van der Waals surface area contributed by atoms with Crippen LogP contribution >= 0.6 is 0 Å². The maximum Gasteiger partial charge on any atom is 0.115 e. The van der Waals surface area contributed by atoms with Gasteiger partial charge in [0, 0.05) is 0 Å². The van der Waals surface area contributed by atoms with Crippen LogP contribution in [0.5, 0.6) is 5.75 Å². The lowest BCUT2D eigenvalue weighted by atomic mass is 9.78. The second-order valence-electron chi connectivity index (χ2n) is 6.98. The van der Waals surface area contributed by atoms with Gasteiger partial charge in [-0.2, -0.15) is 0 Å². The van der Waals surface area contributed by atoms with Crippen LogP contribution in [-0.4, -0.2) is 16.3 Å². The van der Waals surface area contributed by atoms with Crippen molar-refractivity contribution in [2.45, 2.75) is 40.2 Å². The molecule has 2 nitrogen and oxygen atoms in total. The van der Waals surface area contributed by atoms with Crippen molar-refractivity contribution < 1.29 is 10.2 Å². The number of phenols is 1. The lowest BCUT2D eigenvalue weighted by Gasteiger charge is -2.30. The number of aliphatic hydroxyl groups excluding tert-OH is 1. The highest BCUT2D eigenvalue weighted by molar-refractivity contribution is 5.51. The molecule has 1 unspecified atom stereocenters. The molecule has 2 heteroatoms. The van der Waals surface area contributed by atoms with Crippen LogP contribution in [0.25, 0.3) is 6.08 Å². The molecule has 0 saturated heterocycles. The predicted molar refractivity (Wildman–Crippen MR) is 102 cm³/mol. The molecule has 24 heavy (non-hydrogen) atoms. The van der Waals surface area contributed by atoms with Crippen LogP contribution < -0.4 is 0 Å². The van der Waals surface area contributed by atoms with E-state index in [-0.39, 0.29) is 11.2 Å². The molecule has 0 bridgehead atoms. The second kappa shape index (κ2) is 9.15. The van der Waals surface area contributed by atoms with E-state index >= 15 is 0 Å². The number of hydrogen-bond acceptors (Lipinski definition) is 2. The number of allylic oxidation sites excluding steroid dienone is 4. The number of hydrogen-bond donors (Lipinski definition) is 2. The van der Waals surface area contributed by atoms with Gasteiger partial charge < -0.3 is 10.2 Å². The van der Waals surface area contributed by atoms with Crippen molar-refractivity contribution in [2.75, 3.05) is 0 Å². The fraction of sp³-hybridized carbons (Fsp3) is 0.364. The lowest BCUT2D eigenvalue weighted by molar-refractivity contribution is 0.0764. The topological polar surface area (TPSA) is 40.5 Å². The summed E-state index contributed by atoms with van der Waals surface area (Å²) in [5, 5.41) is 19.8. The van der Waals surface area contributed by atoms with Gasteiger partial charge in [-0.25, -0.2) is 0 Å². The van der Waals surface area contributed by atoms with E-state index in [4.69, 9.17) is 6.42 Å². The Morgan fingerprint density at radius 2 is 1.88 bits per heavy atom. The van der Waals surface area contributed by atoms with E-state index in [1.807, 2.05) is 37.3 Å². The van der Waals surface area contributed by atoms with Crippen molar-refractivity contribution in [3.8, 4) is 18.1 Å². The molecule has 0 heterocycles. The molecule has 0 aliphatic carbocycles. The van der Waals surface area contributed by atoms with Crippen LogP contribution in [0.4, 0.5) is 0 Å². The fourth-order valence-corrected chi connectivity index (χ4v) is 2.56. The number of terminal acetylenes is 1. The Bertz CT molecular complexity index is 640. The molecular formula is C22H28O2. The summed E-state index contributed by atoms with van der Waals surface area (Å²) >= 11 is 0. The van der Waals surface area contributed by atoms with Gasteiger partial charge >= 0.3 is 0 Å². The molecule has 0 fully saturated rings. The summed E-state index contributed by atoms with van der Waals surface area (Å²) in [5.41, 5.74) is 1.75. The highest BCUT2D eigenvalue weighted by atomic mass is 16.3. The summed E-state index contributed by atoms with van der Waals surface area (Å²) in [7, 11) is 0. The van der Waals surface area contributed by atoms with Gasteiger partial charge in [0.25, 0.3) is 0 Å². The highest BCUT2D eigenvalue weighted by Gasteiger charge is 2.27. The van der Waals surface area contributed by atoms with Gasteiger partial charge in [-0.3, -0.25) is 0 Å². The Balaban J connectivity index is 2.67. The molecular weight excluding hydrogens is 296 g/mol. The molecule has 128 valence electrons. The largest absolute Gasteiger partial charge is 0.508 e. The van der Waals surface area contributed by atoms with Crippen LogP contribution in [0.1, 0.15) is 39.7 Å². The molecule has 0 saturated carbocycles. The minimum absolute atomic E-state index is 0.239. The average Bonchev–Trinajstić information content (AvgIpc) is 2.52. The zero-order valence-electron chi connectivity index (χ0n) is 15.0. The molecule has 0 aliphatic rings. The normalized spacial score (nSPS) is 15.6. The van der Waals surface area contributed by atoms with Crippen LogP contribution in [0.15, 0.2) is 54.1 Å². The molecule has 1 aromatic carbocycles.